The Bertz CT molecular complexity index is 585. The van der Waals surface area contributed by atoms with Gasteiger partial charge in [0.25, 0.3) is 0 Å². The number of hydrogen-bond acceptors (Lipinski definition) is 4. The maximum Gasteiger partial charge on any atom is 0.308 e. The molecule has 2 fully saturated rings. The second kappa shape index (κ2) is 7.53. The molecule has 1 saturated heterocycles. The molecule has 1 aromatic carbocycles. The summed E-state index contributed by atoms with van der Waals surface area (Å²) in [5.41, 5.74) is 2.23. The van der Waals surface area contributed by atoms with Crippen molar-refractivity contribution in [3.05, 3.63) is 29.3 Å². The normalized spacial score (nSPS) is 24.2. The smallest absolute Gasteiger partial charge is 0.308 e. The molecule has 2 aliphatic rings. The Morgan fingerprint density at radius 1 is 1.33 bits per heavy atom. The molecule has 0 bridgehead atoms. The Hall–Kier alpha value is -1.59. The van der Waals surface area contributed by atoms with Crippen LogP contribution in [-0.4, -0.2) is 42.8 Å². The first-order chi connectivity index (χ1) is 11.6. The summed E-state index contributed by atoms with van der Waals surface area (Å²) in [6.07, 6.45) is 2.40. The van der Waals surface area contributed by atoms with Gasteiger partial charge in [-0.3, -0.25) is 9.69 Å². The van der Waals surface area contributed by atoms with Crippen LogP contribution in [0.4, 0.5) is 0 Å². The zero-order valence-corrected chi connectivity index (χ0v) is 14.5. The molecular weight excluding hydrogens is 306 g/mol. The van der Waals surface area contributed by atoms with Gasteiger partial charge in [-0.15, -0.1) is 0 Å². The van der Waals surface area contributed by atoms with E-state index in [0.29, 0.717) is 31.6 Å². The van der Waals surface area contributed by atoms with Gasteiger partial charge in [0.1, 0.15) is 5.75 Å². The molecular formula is C19H27NO4. The van der Waals surface area contributed by atoms with E-state index < -0.39 is 5.97 Å². The third-order valence-corrected chi connectivity index (χ3v) is 5.20. The predicted octanol–water partition coefficient (Wildman–Crippen LogP) is 2.77. The Morgan fingerprint density at radius 2 is 2.12 bits per heavy atom. The van der Waals surface area contributed by atoms with Crippen LogP contribution in [0.15, 0.2) is 18.2 Å². The molecule has 0 unspecified atom stereocenters. The fourth-order valence-electron chi connectivity index (χ4n) is 3.82. The minimum absolute atomic E-state index is 0.210. The van der Waals surface area contributed by atoms with Crippen LogP contribution >= 0.6 is 0 Å². The average molecular weight is 333 g/mol. The second-order valence-electron chi connectivity index (χ2n) is 6.92. The van der Waals surface area contributed by atoms with E-state index in [9.17, 15) is 9.90 Å². The minimum Gasteiger partial charge on any atom is -0.496 e. The van der Waals surface area contributed by atoms with E-state index in [-0.39, 0.29) is 5.92 Å². The zero-order valence-electron chi connectivity index (χ0n) is 14.5. The molecule has 1 aliphatic carbocycles. The SMILES string of the molecule is CCOCc1cc(CN2C[C@H](C(=O)O)[C@@H](C3CC3)C2)ccc1OC. The van der Waals surface area contributed by atoms with Gasteiger partial charge in [-0.25, -0.2) is 0 Å². The van der Waals surface area contributed by atoms with E-state index in [1.807, 2.05) is 13.0 Å². The van der Waals surface area contributed by atoms with E-state index >= 15 is 0 Å². The topological polar surface area (TPSA) is 59.0 Å². The van der Waals surface area contributed by atoms with Gasteiger partial charge in [0.05, 0.1) is 19.6 Å². The Morgan fingerprint density at radius 3 is 2.75 bits per heavy atom. The van der Waals surface area contributed by atoms with Crippen molar-refractivity contribution in [2.45, 2.75) is 32.9 Å². The van der Waals surface area contributed by atoms with Crippen LogP contribution in [0.5, 0.6) is 5.75 Å². The molecule has 1 saturated carbocycles. The molecule has 1 aliphatic heterocycles. The highest BCUT2D eigenvalue weighted by Gasteiger charge is 2.45. The maximum atomic E-state index is 11.5. The molecule has 0 aromatic heterocycles. The van der Waals surface area contributed by atoms with E-state index in [1.54, 1.807) is 7.11 Å². The number of aliphatic carboxylic acids is 1. The van der Waals surface area contributed by atoms with Crippen LogP contribution in [0.1, 0.15) is 30.9 Å². The lowest BCUT2D eigenvalue weighted by Crippen LogP contribution is -2.24. The quantitative estimate of drug-likeness (QED) is 0.793. The van der Waals surface area contributed by atoms with Crippen molar-refractivity contribution in [2.24, 2.45) is 17.8 Å². The summed E-state index contributed by atoms with van der Waals surface area (Å²) in [4.78, 5) is 13.8. The van der Waals surface area contributed by atoms with Crippen molar-refractivity contribution in [1.82, 2.24) is 4.90 Å². The van der Waals surface area contributed by atoms with Crippen molar-refractivity contribution in [2.75, 3.05) is 26.8 Å². The molecule has 132 valence electrons. The van der Waals surface area contributed by atoms with Gasteiger partial charge in [0.2, 0.25) is 0 Å². The number of methoxy groups -OCH3 is 1. The molecule has 2 atom stereocenters. The fourth-order valence-corrected chi connectivity index (χ4v) is 3.82. The predicted molar refractivity (Wildman–Crippen MR) is 90.9 cm³/mol. The van der Waals surface area contributed by atoms with Crippen molar-refractivity contribution in [3.8, 4) is 5.75 Å². The molecule has 3 rings (SSSR count). The van der Waals surface area contributed by atoms with E-state index in [1.165, 1.54) is 18.4 Å². The van der Waals surface area contributed by atoms with E-state index in [4.69, 9.17) is 9.47 Å². The molecule has 5 nitrogen and oxygen atoms in total. The van der Waals surface area contributed by atoms with Crippen molar-refractivity contribution >= 4 is 5.97 Å². The molecule has 0 radical (unpaired) electrons. The highest BCUT2D eigenvalue weighted by molar-refractivity contribution is 5.71. The van der Waals surface area contributed by atoms with Crippen molar-refractivity contribution in [1.29, 1.82) is 0 Å². The van der Waals surface area contributed by atoms with Gasteiger partial charge in [0, 0.05) is 31.8 Å². The average Bonchev–Trinajstić information content (AvgIpc) is 3.33. The Labute approximate surface area is 143 Å². The first-order valence-electron chi connectivity index (χ1n) is 8.81. The lowest BCUT2D eigenvalue weighted by Gasteiger charge is -2.17. The van der Waals surface area contributed by atoms with Crippen LogP contribution in [0, 0.1) is 17.8 Å². The first-order valence-corrected chi connectivity index (χ1v) is 8.81. The van der Waals surface area contributed by atoms with Gasteiger partial charge < -0.3 is 14.6 Å². The van der Waals surface area contributed by atoms with Crippen LogP contribution in [0.3, 0.4) is 0 Å². The summed E-state index contributed by atoms with van der Waals surface area (Å²) in [5, 5.41) is 9.49. The molecule has 5 heteroatoms. The van der Waals surface area contributed by atoms with Crippen LogP contribution in [0.2, 0.25) is 0 Å². The summed E-state index contributed by atoms with van der Waals surface area (Å²) >= 11 is 0. The third-order valence-electron chi connectivity index (χ3n) is 5.20. The zero-order chi connectivity index (χ0) is 17.1. The van der Waals surface area contributed by atoms with Gasteiger partial charge in [-0.1, -0.05) is 6.07 Å². The maximum absolute atomic E-state index is 11.5. The summed E-state index contributed by atoms with van der Waals surface area (Å²) in [7, 11) is 1.67. The lowest BCUT2D eigenvalue weighted by atomic mass is 9.92. The van der Waals surface area contributed by atoms with Crippen LogP contribution < -0.4 is 4.74 Å². The number of carboxylic acid groups (broad SMARTS) is 1. The second-order valence-corrected chi connectivity index (χ2v) is 6.92. The van der Waals surface area contributed by atoms with Gasteiger partial charge in [-0.2, -0.15) is 0 Å². The number of carbonyl (C=O) groups is 1. The monoisotopic (exact) mass is 333 g/mol. The summed E-state index contributed by atoms with van der Waals surface area (Å²) in [6, 6.07) is 6.16. The summed E-state index contributed by atoms with van der Waals surface area (Å²) in [5.74, 6) is 0.942. The van der Waals surface area contributed by atoms with E-state index in [0.717, 1.165) is 24.4 Å². The van der Waals surface area contributed by atoms with Crippen molar-refractivity contribution in [3.63, 3.8) is 0 Å². The molecule has 1 N–H and O–H groups in total. The molecule has 0 amide bonds. The molecule has 1 heterocycles. The lowest BCUT2D eigenvalue weighted by molar-refractivity contribution is -0.142. The standard InChI is InChI=1S/C19H27NO4/c1-3-24-12-15-8-13(4-7-18(15)23-2)9-20-10-16(14-5-6-14)17(11-20)19(21)22/h4,7-8,14,16-17H,3,5-6,9-12H2,1-2H3,(H,21,22)/t16-,17+/m1/s1. The van der Waals surface area contributed by atoms with E-state index in [2.05, 4.69) is 17.0 Å². The third kappa shape index (κ3) is 3.90. The van der Waals surface area contributed by atoms with Gasteiger partial charge >= 0.3 is 5.97 Å². The number of likely N-dealkylation sites (tertiary alicyclic amines) is 1. The molecule has 24 heavy (non-hydrogen) atoms. The number of carboxylic acids is 1. The first kappa shape index (κ1) is 17.2. The Kier molecular flexibility index (Phi) is 5.41. The molecule has 0 spiro atoms. The molecule has 1 aromatic rings. The van der Waals surface area contributed by atoms with Gasteiger partial charge in [-0.05, 0) is 49.3 Å². The van der Waals surface area contributed by atoms with Gasteiger partial charge in [0.15, 0.2) is 0 Å². The van der Waals surface area contributed by atoms with Crippen LogP contribution in [0.25, 0.3) is 0 Å². The minimum atomic E-state index is -0.638. The number of ether oxygens (including phenoxy) is 2. The summed E-state index contributed by atoms with van der Waals surface area (Å²) in [6.45, 7) is 5.53. The van der Waals surface area contributed by atoms with Crippen molar-refractivity contribution < 1.29 is 19.4 Å². The largest absolute Gasteiger partial charge is 0.496 e. The van der Waals surface area contributed by atoms with Crippen LogP contribution in [-0.2, 0) is 22.7 Å². The number of nitrogens with zero attached hydrogens (tertiary/aromatic N) is 1. The number of hydrogen-bond donors (Lipinski definition) is 1. The highest BCUT2D eigenvalue weighted by atomic mass is 16.5. The number of benzene rings is 1. The summed E-state index contributed by atoms with van der Waals surface area (Å²) < 4.78 is 10.9. The fraction of sp³-hybridized carbons (Fsp3) is 0.632. The Balaban J connectivity index is 1.68. The highest BCUT2D eigenvalue weighted by Crippen LogP contribution is 2.44. The number of rotatable bonds is 8.